The minimum Gasteiger partial charge on any atom is -0.473 e. The van der Waals surface area contributed by atoms with Crippen LogP contribution in [0.25, 0.3) is 0 Å². The molecule has 0 unspecified atom stereocenters. The molecule has 0 spiro atoms. The third-order valence-electron chi connectivity index (χ3n) is 2.55. The number of hydrogen-bond donors (Lipinski definition) is 1. The van der Waals surface area contributed by atoms with Gasteiger partial charge >= 0.3 is 0 Å². The number of aromatic nitrogens is 1. The van der Waals surface area contributed by atoms with Gasteiger partial charge in [0, 0.05) is 18.3 Å². The lowest BCUT2D eigenvalue weighted by Crippen LogP contribution is -2.10. The van der Waals surface area contributed by atoms with Gasteiger partial charge in [0.25, 0.3) is 0 Å². The SMILES string of the molecule is CC(C)Oc1ncccc1NCc1ccccc1F. The highest BCUT2D eigenvalue weighted by Gasteiger charge is 2.07. The zero-order chi connectivity index (χ0) is 13.7. The number of halogens is 1. The lowest BCUT2D eigenvalue weighted by atomic mass is 10.2. The van der Waals surface area contributed by atoms with E-state index in [-0.39, 0.29) is 11.9 Å². The van der Waals surface area contributed by atoms with Gasteiger partial charge in [0.1, 0.15) is 5.82 Å². The maximum atomic E-state index is 13.5. The molecule has 0 aliphatic rings. The van der Waals surface area contributed by atoms with E-state index in [1.165, 1.54) is 6.07 Å². The number of benzene rings is 1. The van der Waals surface area contributed by atoms with Crippen molar-refractivity contribution in [3.8, 4) is 5.88 Å². The fourth-order valence-electron chi connectivity index (χ4n) is 1.67. The van der Waals surface area contributed by atoms with Crippen molar-refractivity contribution in [1.29, 1.82) is 0 Å². The normalized spacial score (nSPS) is 10.5. The lowest BCUT2D eigenvalue weighted by molar-refractivity contribution is 0.234. The molecule has 0 fully saturated rings. The van der Waals surface area contributed by atoms with Gasteiger partial charge in [-0.2, -0.15) is 0 Å². The molecule has 2 rings (SSSR count). The van der Waals surface area contributed by atoms with Crippen LogP contribution in [0.1, 0.15) is 19.4 Å². The summed E-state index contributed by atoms with van der Waals surface area (Å²) in [4.78, 5) is 4.18. The molecule has 0 amide bonds. The summed E-state index contributed by atoms with van der Waals surface area (Å²) in [6, 6.07) is 10.4. The Kier molecular flexibility index (Phi) is 4.34. The van der Waals surface area contributed by atoms with Crippen molar-refractivity contribution in [1.82, 2.24) is 4.98 Å². The first kappa shape index (κ1) is 13.3. The molecule has 0 radical (unpaired) electrons. The molecule has 4 heteroatoms. The van der Waals surface area contributed by atoms with Crippen molar-refractivity contribution >= 4 is 5.69 Å². The summed E-state index contributed by atoms with van der Waals surface area (Å²) in [6.45, 7) is 4.28. The van der Waals surface area contributed by atoms with E-state index in [4.69, 9.17) is 4.74 Å². The molecule has 1 aromatic carbocycles. The Morgan fingerprint density at radius 2 is 2.00 bits per heavy atom. The summed E-state index contributed by atoms with van der Waals surface area (Å²) in [7, 11) is 0. The minimum absolute atomic E-state index is 0.0453. The van der Waals surface area contributed by atoms with Crippen molar-refractivity contribution in [3.63, 3.8) is 0 Å². The molecule has 19 heavy (non-hydrogen) atoms. The largest absolute Gasteiger partial charge is 0.473 e. The molecule has 0 bridgehead atoms. The molecule has 1 heterocycles. The fraction of sp³-hybridized carbons (Fsp3) is 0.267. The third-order valence-corrected chi connectivity index (χ3v) is 2.55. The van der Waals surface area contributed by atoms with Crippen LogP contribution in [0.15, 0.2) is 42.6 Å². The van der Waals surface area contributed by atoms with Crippen molar-refractivity contribution < 1.29 is 9.13 Å². The lowest BCUT2D eigenvalue weighted by Gasteiger charge is -2.14. The van der Waals surface area contributed by atoms with Gasteiger partial charge in [-0.15, -0.1) is 0 Å². The van der Waals surface area contributed by atoms with Crippen LogP contribution in [0.5, 0.6) is 5.88 Å². The van der Waals surface area contributed by atoms with E-state index in [2.05, 4.69) is 10.3 Å². The average Bonchev–Trinajstić information content (AvgIpc) is 2.39. The maximum Gasteiger partial charge on any atom is 0.237 e. The molecular weight excluding hydrogens is 243 g/mol. The predicted molar refractivity (Wildman–Crippen MR) is 73.7 cm³/mol. The molecule has 0 saturated carbocycles. The summed E-state index contributed by atoms with van der Waals surface area (Å²) >= 11 is 0. The van der Waals surface area contributed by atoms with Gasteiger partial charge in [-0.05, 0) is 32.0 Å². The van der Waals surface area contributed by atoms with Crippen LogP contribution in [0, 0.1) is 5.82 Å². The summed E-state index contributed by atoms with van der Waals surface area (Å²) in [5.41, 5.74) is 1.38. The third kappa shape index (κ3) is 3.68. The van der Waals surface area contributed by atoms with Gasteiger partial charge in [-0.25, -0.2) is 9.37 Å². The van der Waals surface area contributed by atoms with Crippen molar-refractivity contribution in [2.24, 2.45) is 0 Å². The van der Waals surface area contributed by atoms with E-state index in [0.717, 1.165) is 5.69 Å². The number of anilines is 1. The molecule has 1 aromatic heterocycles. The minimum atomic E-state index is -0.217. The van der Waals surface area contributed by atoms with Gasteiger partial charge in [-0.3, -0.25) is 0 Å². The monoisotopic (exact) mass is 260 g/mol. The molecule has 3 nitrogen and oxygen atoms in total. The number of nitrogens with zero attached hydrogens (tertiary/aromatic N) is 1. The van der Waals surface area contributed by atoms with Crippen LogP contribution in [-0.4, -0.2) is 11.1 Å². The van der Waals surface area contributed by atoms with Crippen LogP contribution < -0.4 is 10.1 Å². The van der Waals surface area contributed by atoms with Crippen LogP contribution in [-0.2, 0) is 6.54 Å². The van der Waals surface area contributed by atoms with Crippen molar-refractivity contribution in [3.05, 3.63) is 54.0 Å². The second kappa shape index (κ2) is 6.18. The Labute approximate surface area is 112 Å². The van der Waals surface area contributed by atoms with Crippen LogP contribution >= 0.6 is 0 Å². The van der Waals surface area contributed by atoms with Crippen LogP contribution in [0.4, 0.5) is 10.1 Å². The number of pyridine rings is 1. The maximum absolute atomic E-state index is 13.5. The zero-order valence-electron chi connectivity index (χ0n) is 11.1. The first-order valence-corrected chi connectivity index (χ1v) is 6.26. The first-order valence-electron chi connectivity index (χ1n) is 6.26. The van der Waals surface area contributed by atoms with E-state index in [1.807, 2.05) is 32.0 Å². The molecule has 2 aromatic rings. The topological polar surface area (TPSA) is 34.1 Å². The number of hydrogen-bond acceptors (Lipinski definition) is 3. The van der Waals surface area contributed by atoms with Crippen LogP contribution in [0.2, 0.25) is 0 Å². The number of ether oxygens (including phenoxy) is 1. The molecule has 0 saturated heterocycles. The Morgan fingerprint density at radius 3 is 2.74 bits per heavy atom. The van der Waals surface area contributed by atoms with E-state index in [1.54, 1.807) is 18.3 Å². The van der Waals surface area contributed by atoms with Gasteiger partial charge in [0.2, 0.25) is 5.88 Å². The summed E-state index contributed by atoms with van der Waals surface area (Å²) in [5, 5.41) is 3.15. The Bertz CT molecular complexity index is 543. The first-order chi connectivity index (χ1) is 9.16. The van der Waals surface area contributed by atoms with E-state index in [9.17, 15) is 4.39 Å². The predicted octanol–water partition coefficient (Wildman–Crippen LogP) is 3.62. The standard InChI is InChI=1S/C15H17FN2O/c1-11(2)19-15-14(8-5-9-17-15)18-10-12-6-3-4-7-13(12)16/h3-9,11,18H,10H2,1-2H3. The second-order valence-corrected chi connectivity index (χ2v) is 4.47. The highest BCUT2D eigenvalue weighted by molar-refractivity contribution is 5.52. The number of rotatable bonds is 5. The molecule has 100 valence electrons. The molecular formula is C15H17FN2O. The molecule has 0 aliphatic carbocycles. The molecule has 0 aliphatic heterocycles. The quantitative estimate of drug-likeness (QED) is 0.891. The highest BCUT2D eigenvalue weighted by Crippen LogP contribution is 2.22. The van der Waals surface area contributed by atoms with Crippen molar-refractivity contribution in [2.45, 2.75) is 26.5 Å². The van der Waals surface area contributed by atoms with Gasteiger partial charge in [0.05, 0.1) is 11.8 Å². The fourth-order valence-corrected chi connectivity index (χ4v) is 1.67. The summed E-state index contributed by atoms with van der Waals surface area (Å²) < 4.78 is 19.1. The van der Waals surface area contributed by atoms with Crippen molar-refractivity contribution in [2.75, 3.05) is 5.32 Å². The molecule has 1 N–H and O–H groups in total. The van der Waals surface area contributed by atoms with E-state index >= 15 is 0 Å². The zero-order valence-corrected chi connectivity index (χ0v) is 11.1. The smallest absolute Gasteiger partial charge is 0.237 e. The summed E-state index contributed by atoms with van der Waals surface area (Å²) in [6.07, 6.45) is 1.72. The van der Waals surface area contributed by atoms with Gasteiger partial charge in [-0.1, -0.05) is 18.2 Å². The highest BCUT2D eigenvalue weighted by atomic mass is 19.1. The molecule has 0 atom stereocenters. The van der Waals surface area contributed by atoms with E-state index < -0.39 is 0 Å². The van der Waals surface area contributed by atoms with Gasteiger partial charge < -0.3 is 10.1 Å². The average molecular weight is 260 g/mol. The Morgan fingerprint density at radius 1 is 1.21 bits per heavy atom. The Hall–Kier alpha value is -2.10. The summed E-state index contributed by atoms with van der Waals surface area (Å²) in [5.74, 6) is 0.319. The van der Waals surface area contributed by atoms with Gasteiger partial charge in [0.15, 0.2) is 0 Å². The van der Waals surface area contributed by atoms with Crippen LogP contribution in [0.3, 0.4) is 0 Å². The van der Waals surface area contributed by atoms with E-state index in [0.29, 0.717) is 18.0 Å². The Balaban J connectivity index is 2.09. The second-order valence-electron chi connectivity index (χ2n) is 4.47. The number of nitrogens with one attached hydrogen (secondary N) is 1.